The lowest BCUT2D eigenvalue weighted by molar-refractivity contribution is -0.143. The molecule has 1 unspecified atom stereocenters. The van der Waals surface area contributed by atoms with Gasteiger partial charge in [0.1, 0.15) is 11.5 Å². The Hall–Kier alpha value is -2.53. The first-order chi connectivity index (χ1) is 12.1. The van der Waals surface area contributed by atoms with Crippen molar-refractivity contribution in [3.8, 4) is 11.5 Å². The van der Waals surface area contributed by atoms with E-state index in [0.717, 1.165) is 11.3 Å². The fourth-order valence-corrected chi connectivity index (χ4v) is 2.93. The number of benzene rings is 2. The van der Waals surface area contributed by atoms with Gasteiger partial charge in [0.05, 0.1) is 7.11 Å². The number of imide groups is 1. The highest BCUT2D eigenvalue weighted by molar-refractivity contribution is 6.30. The van der Waals surface area contributed by atoms with Crippen molar-refractivity contribution in [2.24, 2.45) is 0 Å². The number of halogens is 1. The average molecular weight is 360 g/mol. The maximum atomic E-state index is 12.3. The summed E-state index contributed by atoms with van der Waals surface area (Å²) in [6.07, 6.45) is 0.318. The molecule has 0 bridgehead atoms. The summed E-state index contributed by atoms with van der Waals surface area (Å²) in [6.45, 7) is 0.191. The number of rotatable bonds is 5. The summed E-state index contributed by atoms with van der Waals surface area (Å²) in [5, 5.41) is 0.593. The second-order valence-electron chi connectivity index (χ2n) is 5.81. The van der Waals surface area contributed by atoms with Crippen LogP contribution in [0.15, 0.2) is 48.5 Å². The van der Waals surface area contributed by atoms with Crippen LogP contribution in [-0.4, -0.2) is 37.0 Å². The Morgan fingerprint density at radius 2 is 1.76 bits per heavy atom. The maximum absolute atomic E-state index is 12.3. The Morgan fingerprint density at radius 1 is 1.12 bits per heavy atom. The number of hydrogen-bond donors (Lipinski definition) is 0. The predicted octanol–water partition coefficient (Wildman–Crippen LogP) is 3.27. The third kappa shape index (κ3) is 4.12. The quantitative estimate of drug-likeness (QED) is 0.822. The third-order valence-corrected chi connectivity index (χ3v) is 4.44. The number of likely N-dealkylation sites (tertiary alicyclic amines) is 1. The minimum absolute atomic E-state index is 0.00196. The molecule has 0 saturated carbocycles. The zero-order chi connectivity index (χ0) is 17.8. The van der Waals surface area contributed by atoms with Crippen molar-refractivity contribution >= 4 is 23.4 Å². The molecule has 1 fully saturated rings. The van der Waals surface area contributed by atoms with E-state index in [9.17, 15) is 9.59 Å². The highest BCUT2D eigenvalue weighted by atomic mass is 35.5. The van der Waals surface area contributed by atoms with Gasteiger partial charge < -0.3 is 9.47 Å². The molecule has 6 heteroatoms. The summed E-state index contributed by atoms with van der Waals surface area (Å²) in [5.41, 5.74) is 1.02. The zero-order valence-corrected chi connectivity index (χ0v) is 14.5. The van der Waals surface area contributed by atoms with Crippen molar-refractivity contribution < 1.29 is 19.1 Å². The van der Waals surface area contributed by atoms with Crippen LogP contribution in [0.1, 0.15) is 17.9 Å². The lowest BCUT2D eigenvalue weighted by atomic mass is 9.98. The van der Waals surface area contributed by atoms with Gasteiger partial charge in [0, 0.05) is 23.9 Å². The molecule has 1 aliphatic heterocycles. The molecule has 0 spiro atoms. The summed E-state index contributed by atoms with van der Waals surface area (Å²) >= 11 is 5.81. The average Bonchev–Trinajstić information content (AvgIpc) is 3.03. The number of ether oxygens (including phenoxy) is 2. The molecule has 2 aromatic carbocycles. The molecule has 2 amide bonds. The first-order valence-corrected chi connectivity index (χ1v) is 8.30. The lowest BCUT2D eigenvalue weighted by Crippen LogP contribution is -2.36. The predicted molar refractivity (Wildman–Crippen MR) is 94.0 cm³/mol. The minimum Gasteiger partial charge on any atom is -0.497 e. The molecule has 0 aliphatic carbocycles. The molecule has 0 aromatic heterocycles. The molecule has 2 aromatic rings. The highest BCUT2D eigenvalue weighted by Gasteiger charge is 2.34. The van der Waals surface area contributed by atoms with Crippen LogP contribution in [0, 0.1) is 0 Å². The fourth-order valence-electron chi connectivity index (χ4n) is 2.80. The number of methoxy groups -OCH3 is 1. The van der Waals surface area contributed by atoms with Crippen molar-refractivity contribution in [2.45, 2.75) is 12.3 Å². The molecule has 1 heterocycles. The van der Waals surface area contributed by atoms with E-state index in [0.29, 0.717) is 23.7 Å². The Kier molecular flexibility index (Phi) is 5.24. The van der Waals surface area contributed by atoms with E-state index >= 15 is 0 Å². The molecule has 1 saturated heterocycles. The van der Waals surface area contributed by atoms with Crippen LogP contribution >= 0.6 is 11.6 Å². The minimum atomic E-state index is -0.337. The van der Waals surface area contributed by atoms with Gasteiger partial charge in [0.2, 0.25) is 5.91 Å². The number of amides is 2. The standard InChI is InChI=1S/C19H18ClNO4/c1-24-16-6-2-13(3-7-16)14-10-18(22)21(11-14)19(23)12-25-17-8-4-15(20)5-9-17/h2-9,14H,10-12H2,1H3. The molecular formula is C19H18ClNO4. The molecule has 5 nitrogen and oxygen atoms in total. The van der Waals surface area contributed by atoms with Crippen LogP contribution in [0.4, 0.5) is 0 Å². The number of nitrogens with zero attached hydrogens (tertiary/aromatic N) is 1. The summed E-state index contributed by atoms with van der Waals surface area (Å²) < 4.78 is 10.6. The van der Waals surface area contributed by atoms with Crippen LogP contribution < -0.4 is 9.47 Å². The van der Waals surface area contributed by atoms with Gasteiger partial charge in [-0.05, 0) is 42.0 Å². The number of hydrogen-bond acceptors (Lipinski definition) is 4. The highest BCUT2D eigenvalue weighted by Crippen LogP contribution is 2.29. The zero-order valence-electron chi connectivity index (χ0n) is 13.8. The molecule has 130 valence electrons. The van der Waals surface area contributed by atoms with Crippen LogP contribution in [0.5, 0.6) is 11.5 Å². The van der Waals surface area contributed by atoms with Gasteiger partial charge >= 0.3 is 0 Å². The molecule has 1 aliphatic rings. The second kappa shape index (κ2) is 7.57. The SMILES string of the molecule is COc1ccc(C2CC(=O)N(C(=O)COc3ccc(Cl)cc3)C2)cc1. The molecule has 1 atom stereocenters. The van der Waals surface area contributed by atoms with Gasteiger partial charge in [-0.25, -0.2) is 0 Å². The largest absolute Gasteiger partial charge is 0.497 e. The molecule has 0 radical (unpaired) electrons. The van der Waals surface area contributed by atoms with E-state index in [4.69, 9.17) is 21.1 Å². The number of carbonyl (C=O) groups is 2. The Labute approximate surface area is 151 Å². The normalized spacial score (nSPS) is 16.8. The molecule has 0 N–H and O–H groups in total. The first kappa shape index (κ1) is 17.3. The van der Waals surface area contributed by atoms with Crippen molar-refractivity contribution in [1.29, 1.82) is 0 Å². The van der Waals surface area contributed by atoms with Crippen molar-refractivity contribution in [3.63, 3.8) is 0 Å². The van der Waals surface area contributed by atoms with Crippen LogP contribution in [-0.2, 0) is 9.59 Å². The van der Waals surface area contributed by atoms with Gasteiger partial charge in [-0.3, -0.25) is 14.5 Å². The third-order valence-electron chi connectivity index (χ3n) is 4.19. The second-order valence-corrected chi connectivity index (χ2v) is 6.25. The molecule has 25 heavy (non-hydrogen) atoms. The fraction of sp³-hybridized carbons (Fsp3) is 0.263. The molecular weight excluding hydrogens is 342 g/mol. The monoisotopic (exact) mass is 359 g/mol. The van der Waals surface area contributed by atoms with Gasteiger partial charge in [-0.15, -0.1) is 0 Å². The summed E-state index contributed by atoms with van der Waals surface area (Å²) in [6, 6.07) is 14.3. The van der Waals surface area contributed by atoms with E-state index < -0.39 is 0 Å². The van der Waals surface area contributed by atoms with Gasteiger partial charge in [0.15, 0.2) is 6.61 Å². The Balaban J connectivity index is 1.59. The van der Waals surface area contributed by atoms with E-state index in [1.54, 1.807) is 31.4 Å². The van der Waals surface area contributed by atoms with E-state index in [1.807, 2.05) is 24.3 Å². The van der Waals surface area contributed by atoms with Crippen LogP contribution in [0.25, 0.3) is 0 Å². The summed E-state index contributed by atoms with van der Waals surface area (Å²) in [7, 11) is 1.61. The van der Waals surface area contributed by atoms with Crippen LogP contribution in [0.3, 0.4) is 0 Å². The van der Waals surface area contributed by atoms with E-state index in [2.05, 4.69) is 0 Å². The smallest absolute Gasteiger partial charge is 0.267 e. The topological polar surface area (TPSA) is 55.8 Å². The Bertz CT molecular complexity index is 758. The number of carbonyl (C=O) groups excluding carboxylic acids is 2. The Morgan fingerprint density at radius 3 is 2.40 bits per heavy atom. The summed E-state index contributed by atoms with van der Waals surface area (Å²) in [5.74, 6) is 0.785. The first-order valence-electron chi connectivity index (χ1n) is 7.92. The van der Waals surface area contributed by atoms with Crippen LogP contribution in [0.2, 0.25) is 5.02 Å². The van der Waals surface area contributed by atoms with Gasteiger partial charge in [-0.2, -0.15) is 0 Å². The van der Waals surface area contributed by atoms with Crippen molar-refractivity contribution in [1.82, 2.24) is 4.90 Å². The van der Waals surface area contributed by atoms with Crippen molar-refractivity contribution in [3.05, 3.63) is 59.1 Å². The lowest BCUT2D eigenvalue weighted by Gasteiger charge is -2.15. The maximum Gasteiger partial charge on any atom is 0.267 e. The van der Waals surface area contributed by atoms with E-state index in [1.165, 1.54) is 4.90 Å². The van der Waals surface area contributed by atoms with Crippen molar-refractivity contribution in [2.75, 3.05) is 20.3 Å². The summed E-state index contributed by atoms with van der Waals surface area (Å²) in [4.78, 5) is 25.8. The molecule has 3 rings (SSSR count). The van der Waals surface area contributed by atoms with Gasteiger partial charge in [0.25, 0.3) is 5.91 Å². The van der Waals surface area contributed by atoms with Gasteiger partial charge in [-0.1, -0.05) is 23.7 Å². The van der Waals surface area contributed by atoms with E-state index in [-0.39, 0.29) is 24.3 Å².